The minimum atomic E-state index is -0.252. The Morgan fingerprint density at radius 2 is 1.92 bits per heavy atom. The van der Waals surface area contributed by atoms with Crippen LogP contribution in [0.2, 0.25) is 0 Å². The van der Waals surface area contributed by atoms with Crippen LogP contribution in [0.1, 0.15) is 29.4 Å². The van der Waals surface area contributed by atoms with E-state index in [1.54, 1.807) is 18.4 Å². The van der Waals surface area contributed by atoms with E-state index in [2.05, 4.69) is 36.7 Å². The zero-order valence-electron chi connectivity index (χ0n) is 14.9. The monoisotopic (exact) mass is 345 g/mol. The lowest BCUT2D eigenvalue weighted by Crippen LogP contribution is -1.89. The zero-order valence-corrected chi connectivity index (χ0v) is 14.9. The van der Waals surface area contributed by atoms with E-state index in [0.717, 1.165) is 50.9 Å². The van der Waals surface area contributed by atoms with Crippen LogP contribution in [0.25, 0.3) is 27.6 Å². The molecule has 0 saturated heterocycles. The van der Waals surface area contributed by atoms with Crippen molar-refractivity contribution in [3.63, 3.8) is 0 Å². The molecular formula is C23H20FNO. The van der Waals surface area contributed by atoms with Crippen molar-refractivity contribution < 1.29 is 8.81 Å². The van der Waals surface area contributed by atoms with Crippen LogP contribution in [-0.4, -0.2) is 4.98 Å². The van der Waals surface area contributed by atoms with Crippen LogP contribution in [0.15, 0.2) is 65.9 Å². The van der Waals surface area contributed by atoms with Crippen molar-refractivity contribution in [1.29, 1.82) is 0 Å². The second-order valence-corrected chi connectivity index (χ2v) is 6.50. The van der Waals surface area contributed by atoms with E-state index in [0.29, 0.717) is 0 Å². The van der Waals surface area contributed by atoms with Crippen molar-refractivity contribution in [2.24, 2.45) is 0 Å². The third-order valence-corrected chi connectivity index (χ3v) is 4.91. The first-order valence-electron chi connectivity index (χ1n) is 8.72. The van der Waals surface area contributed by atoms with Gasteiger partial charge in [-0.1, -0.05) is 37.8 Å². The lowest BCUT2D eigenvalue weighted by Gasteiger charge is -2.08. The molecule has 2 heterocycles. The number of aromatic amines is 1. The Kier molecular flexibility index (Phi) is 4.00. The second kappa shape index (κ2) is 6.34. The molecule has 3 heteroatoms. The van der Waals surface area contributed by atoms with Crippen molar-refractivity contribution >= 4 is 16.5 Å². The van der Waals surface area contributed by atoms with Crippen LogP contribution in [0.3, 0.4) is 0 Å². The topological polar surface area (TPSA) is 28.9 Å². The number of H-pyrrole nitrogens is 1. The van der Waals surface area contributed by atoms with Gasteiger partial charge in [-0.25, -0.2) is 4.39 Å². The molecule has 0 fully saturated rings. The Labute approximate surface area is 152 Å². The predicted molar refractivity (Wildman–Crippen MR) is 105 cm³/mol. The number of furan rings is 1. The Morgan fingerprint density at radius 1 is 1.15 bits per heavy atom. The van der Waals surface area contributed by atoms with Gasteiger partial charge in [0.05, 0.1) is 6.26 Å². The fourth-order valence-corrected chi connectivity index (χ4v) is 3.45. The number of benzene rings is 2. The van der Waals surface area contributed by atoms with Crippen LogP contribution in [0, 0.1) is 12.7 Å². The SMILES string of the molecule is C=C(c1c(-c2ccc(F)cc2)coc1C)c1c[nH]c2cc(CC)ccc12. The van der Waals surface area contributed by atoms with E-state index in [-0.39, 0.29) is 5.82 Å². The van der Waals surface area contributed by atoms with E-state index in [1.165, 1.54) is 17.7 Å². The molecular weight excluding hydrogens is 325 g/mol. The average Bonchev–Trinajstić information content (AvgIpc) is 3.25. The highest BCUT2D eigenvalue weighted by molar-refractivity contribution is 5.99. The Bertz CT molecular complexity index is 1100. The summed E-state index contributed by atoms with van der Waals surface area (Å²) in [6, 6.07) is 12.9. The first-order valence-corrected chi connectivity index (χ1v) is 8.72. The molecule has 130 valence electrons. The highest BCUT2D eigenvalue weighted by Gasteiger charge is 2.18. The smallest absolute Gasteiger partial charge is 0.123 e. The van der Waals surface area contributed by atoms with Gasteiger partial charge in [-0.2, -0.15) is 0 Å². The lowest BCUT2D eigenvalue weighted by atomic mass is 9.93. The van der Waals surface area contributed by atoms with Crippen LogP contribution in [-0.2, 0) is 6.42 Å². The van der Waals surface area contributed by atoms with Gasteiger partial charge in [0.15, 0.2) is 0 Å². The minimum absolute atomic E-state index is 0.252. The number of aromatic nitrogens is 1. The maximum atomic E-state index is 13.3. The molecule has 2 aromatic carbocycles. The fourth-order valence-electron chi connectivity index (χ4n) is 3.45. The largest absolute Gasteiger partial charge is 0.468 e. The van der Waals surface area contributed by atoms with Gasteiger partial charge < -0.3 is 9.40 Å². The van der Waals surface area contributed by atoms with Crippen molar-refractivity contribution in [3.8, 4) is 11.1 Å². The van der Waals surface area contributed by atoms with Crippen LogP contribution in [0.5, 0.6) is 0 Å². The molecule has 0 saturated carbocycles. The lowest BCUT2D eigenvalue weighted by molar-refractivity contribution is 0.534. The van der Waals surface area contributed by atoms with Crippen molar-refractivity contribution in [3.05, 3.63) is 89.8 Å². The summed E-state index contributed by atoms with van der Waals surface area (Å²) >= 11 is 0. The van der Waals surface area contributed by atoms with Crippen LogP contribution >= 0.6 is 0 Å². The molecule has 2 aromatic heterocycles. The molecule has 4 aromatic rings. The average molecular weight is 345 g/mol. The summed E-state index contributed by atoms with van der Waals surface area (Å²) in [5.74, 6) is 0.548. The Hall–Kier alpha value is -3.07. The van der Waals surface area contributed by atoms with Crippen molar-refractivity contribution in [2.75, 3.05) is 0 Å². The molecule has 0 atom stereocenters. The molecule has 0 aliphatic rings. The molecule has 0 aliphatic carbocycles. The van der Waals surface area contributed by atoms with E-state index < -0.39 is 0 Å². The summed E-state index contributed by atoms with van der Waals surface area (Å²) < 4.78 is 19.0. The zero-order chi connectivity index (χ0) is 18.3. The van der Waals surface area contributed by atoms with E-state index >= 15 is 0 Å². The molecule has 0 aliphatic heterocycles. The van der Waals surface area contributed by atoms with Gasteiger partial charge in [-0.15, -0.1) is 0 Å². The molecule has 0 spiro atoms. The maximum absolute atomic E-state index is 13.3. The first-order chi connectivity index (χ1) is 12.6. The summed E-state index contributed by atoms with van der Waals surface area (Å²) in [7, 11) is 0. The summed E-state index contributed by atoms with van der Waals surface area (Å²) in [5.41, 5.74) is 7.13. The van der Waals surface area contributed by atoms with Crippen molar-refractivity contribution in [1.82, 2.24) is 4.98 Å². The Morgan fingerprint density at radius 3 is 2.65 bits per heavy atom. The summed E-state index contributed by atoms with van der Waals surface area (Å²) in [4.78, 5) is 3.35. The summed E-state index contributed by atoms with van der Waals surface area (Å²) in [5, 5.41) is 1.14. The molecule has 0 unspecified atom stereocenters. The standard InChI is InChI=1S/C23H20FNO/c1-4-16-5-10-19-20(12-25-22(19)11-16)14(2)23-15(3)26-13-21(23)17-6-8-18(24)9-7-17/h5-13,25H,2,4H2,1,3H3. The fraction of sp³-hybridized carbons (Fsp3) is 0.130. The summed E-state index contributed by atoms with van der Waals surface area (Å²) in [6.45, 7) is 8.42. The number of hydrogen-bond acceptors (Lipinski definition) is 1. The highest BCUT2D eigenvalue weighted by atomic mass is 19.1. The quantitative estimate of drug-likeness (QED) is 0.449. The molecule has 26 heavy (non-hydrogen) atoms. The van der Waals surface area contributed by atoms with Crippen molar-refractivity contribution in [2.45, 2.75) is 20.3 Å². The number of hydrogen-bond donors (Lipinski definition) is 1. The first kappa shape index (κ1) is 16.4. The highest BCUT2D eigenvalue weighted by Crippen LogP contribution is 2.38. The van der Waals surface area contributed by atoms with Crippen LogP contribution < -0.4 is 0 Å². The van der Waals surface area contributed by atoms with Crippen LogP contribution in [0.4, 0.5) is 4.39 Å². The molecule has 1 N–H and O–H groups in total. The number of rotatable bonds is 4. The third kappa shape index (κ3) is 2.66. The van der Waals surface area contributed by atoms with Gasteiger partial charge in [0.25, 0.3) is 0 Å². The second-order valence-electron chi connectivity index (χ2n) is 6.50. The number of halogens is 1. The summed E-state index contributed by atoms with van der Waals surface area (Å²) in [6.07, 6.45) is 4.71. The number of fused-ring (bicyclic) bond motifs is 1. The molecule has 2 nitrogen and oxygen atoms in total. The molecule has 0 amide bonds. The van der Waals surface area contributed by atoms with Gasteiger partial charge in [0.1, 0.15) is 11.6 Å². The van der Waals surface area contributed by atoms with Gasteiger partial charge >= 0.3 is 0 Å². The van der Waals surface area contributed by atoms with E-state index in [1.807, 2.05) is 13.1 Å². The normalized spacial score (nSPS) is 11.2. The molecule has 0 bridgehead atoms. The number of nitrogens with one attached hydrogen (secondary N) is 1. The maximum Gasteiger partial charge on any atom is 0.123 e. The van der Waals surface area contributed by atoms with Gasteiger partial charge in [-0.3, -0.25) is 0 Å². The molecule has 4 rings (SSSR count). The van der Waals surface area contributed by atoms with Gasteiger partial charge in [-0.05, 0) is 48.2 Å². The third-order valence-electron chi connectivity index (χ3n) is 4.91. The van der Waals surface area contributed by atoms with Gasteiger partial charge in [0, 0.05) is 33.8 Å². The predicted octanol–water partition coefficient (Wildman–Crippen LogP) is 6.50. The number of aryl methyl sites for hydroxylation is 2. The molecule has 0 radical (unpaired) electrons. The van der Waals surface area contributed by atoms with Gasteiger partial charge in [0.2, 0.25) is 0 Å². The minimum Gasteiger partial charge on any atom is -0.468 e. The van der Waals surface area contributed by atoms with E-state index in [9.17, 15) is 4.39 Å². The van der Waals surface area contributed by atoms with E-state index in [4.69, 9.17) is 4.42 Å². The Balaban J connectivity index is 1.82.